The summed E-state index contributed by atoms with van der Waals surface area (Å²) in [5, 5.41) is 9.04. The van der Waals surface area contributed by atoms with E-state index in [9.17, 15) is 9.59 Å². The molecule has 0 saturated carbocycles. The van der Waals surface area contributed by atoms with Gasteiger partial charge in [0.05, 0.1) is 39.6 Å². The molecule has 0 radical (unpaired) electrons. The summed E-state index contributed by atoms with van der Waals surface area (Å²) >= 11 is 2.89. The van der Waals surface area contributed by atoms with Gasteiger partial charge in [0.15, 0.2) is 4.80 Å². The van der Waals surface area contributed by atoms with Crippen molar-refractivity contribution in [3.05, 3.63) is 126 Å². The SMILES string of the molecule is CSc1ccc([C@@H]2C(C(=O)OC(C)C)=C(C)N=c3s/c(=C\c4ccccc4OCc4ccc(C#N)cc4)c(=O)n32)cc1. The van der Waals surface area contributed by atoms with Gasteiger partial charge in [-0.15, -0.1) is 11.8 Å². The predicted molar refractivity (Wildman–Crippen MR) is 165 cm³/mol. The minimum absolute atomic E-state index is 0.248. The van der Waals surface area contributed by atoms with E-state index in [1.807, 2.05) is 66.9 Å². The van der Waals surface area contributed by atoms with E-state index in [1.165, 1.54) is 11.3 Å². The maximum atomic E-state index is 14.0. The zero-order chi connectivity index (χ0) is 29.8. The lowest BCUT2D eigenvalue weighted by Gasteiger charge is -2.25. The molecule has 3 aromatic carbocycles. The van der Waals surface area contributed by atoms with Crippen molar-refractivity contribution in [1.29, 1.82) is 5.26 Å². The number of benzene rings is 3. The lowest BCUT2D eigenvalue weighted by atomic mass is 9.96. The molecule has 0 N–H and O–H groups in total. The van der Waals surface area contributed by atoms with Crippen molar-refractivity contribution in [3.63, 3.8) is 0 Å². The summed E-state index contributed by atoms with van der Waals surface area (Å²) < 4.78 is 13.8. The Balaban J connectivity index is 1.57. The van der Waals surface area contributed by atoms with Crippen LogP contribution in [0.3, 0.4) is 0 Å². The summed E-state index contributed by atoms with van der Waals surface area (Å²) in [6.45, 7) is 5.69. The Labute approximate surface area is 252 Å². The van der Waals surface area contributed by atoms with Gasteiger partial charge in [-0.3, -0.25) is 9.36 Å². The highest BCUT2D eigenvalue weighted by molar-refractivity contribution is 7.98. The summed E-state index contributed by atoms with van der Waals surface area (Å²) in [6.07, 6.45) is 3.49. The van der Waals surface area contributed by atoms with Crippen molar-refractivity contribution in [2.45, 2.75) is 44.4 Å². The average Bonchev–Trinajstić information content (AvgIpc) is 3.29. The predicted octanol–water partition coefficient (Wildman–Crippen LogP) is 5.36. The number of para-hydroxylation sites is 1. The number of carbonyl (C=O) groups is 1. The minimum Gasteiger partial charge on any atom is -0.488 e. The topological polar surface area (TPSA) is 93.7 Å². The first-order valence-electron chi connectivity index (χ1n) is 13.4. The third kappa shape index (κ3) is 6.10. The third-order valence-corrected chi connectivity index (χ3v) is 8.43. The number of thiazole rings is 1. The number of nitrogens with zero attached hydrogens (tertiary/aromatic N) is 3. The van der Waals surface area contributed by atoms with E-state index in [-0.39, 0.29) is 11.7 Å². The van der Waals surface area contributed by atoms with Crippen LogP contribution in [-0.4, -0.2) is 22.9 Å². The molecule has 0 bridgehead atoms. The first-order valence-corrected chi connectivity index (χ1v) is 15.4. The summed E-state index contributed by atoms with van der Waals surface area (Å²) in [6, 6.07) is 24.0. The van der Waals surface area contributed by atoms with Gasteiger partial charge < -0.3 is 9.47 Å². The Kier molecular flexibility index (Phi) is 8.76. The molecule has 0 fully saturated rings. The van der Waals surface area contributed by atoms with Crippen LogP contribution in [0.2, 0.25) is 0 Å². The van der Waals surface area contributed by atoms with Crippen LogP contribution in [-0.2, 0) is 16.1 Å². The number of thioether (sulfide) groups is 1. The molecule has 0 amide bonds. The normalized spacial score (nSPS) is 14.8. The van der Waals surface area contributed by atoms with Gasteiger partial charge in [0.2, 0.25) is 0 Å². The van der Waals surface area contributed by atoms with Gasteiger partial charge in [0, 0.05) is 10.5 Å². The quantitative estimate of drug-likeness (QED) is 0.201. The van der Waals surface area contributed by atoms with Crippen LogP contribution in [0, 0.1) is 11.3 Å². The number of esters is 1. The number of allylic oxidation sites excluding steroid dienone is 1. The summed E-state index contributed by atoms with van der Waals surface area (Å²) in [5.41, 5.74) is 3.69. The minimum atomic E-state index is -0.673. The Bertz CT molecular complexity index is 1880. The van der Waals surface area contributed by atoms with Crippen LogP contribution in [0.25, 0.3) is 6.08 Å². The lowest BCUT2D eigenvalue weighted by Crippen LogP contribution is -2.40. The molecular weight excluding hydrogens is 567 g/mol. The zero-order valence-corrected chi connectivity index (χ0v) is 25.3. The van der Waals surface area contributed by atoms with Crippen molar-refractivity contribution in [3.8, 4) is 11.8 Å². The van der Waals surface area contributed by atoms with E-state index in [1.54, 1.807) is 55.3 Å². The van der Waals surface area contributed by atoms with E-state index in [0.29, 0.717) is 38.5 Å². The van der Waals surface area contributed by atoms with E-state index in [0.717, 1.165) is 21.6 Å². The molecule has 1 atom stereocenters. The fourth-order valence-corrected chi connectivity index (χ4v) is 6.12. The first kappa shape index (κ1) is 29.1. The highest BCUT2D eigenvalue weighted by atomic mass is 32.2. The molecule has 7 nitrogen and oxygen atoms in total. The van der Waals surface area contributed by atoms with Crippen molar-refractivity contribution < 1.29 is 14.3 Å². The first-order chi connectivity index (χ1) is 20.3. The molecule has 0 aliphatic carbocycles. The zero-order valence-electron chi connectivity index (χ0n) is 23.7. The van der Waals surface area contributed by atoms with Crippen molar-refractivity contribution >= 4 is 35.1 Å². The molecule has 5 rings (SSSR count). The van der Waals surface area contributed by atoms with Gasteiger partial charge in [-0.05, 0) is 74.6 Å². The van der Waals surface area contributed by atoms with Crippen LogP contribution in [0.4, 0.5) is 0 Å². The van der Waals surface area contributed by atoms with Gasteiger partial charge in [-0.25, -0.2) is 9.79 Å². The molecule has 1 aliphatic rings. The average molecular weight is 596 g/mol. The number of rotatable bonds is 8. The van der Waals surface area contributed by atoms with E-state index in [4.69, 9.17) is 14.7 Å². The molecular formula is C33H29N3O4S2. The van der Waals surface area contributed by atoms with Gasteiger partial charge in [0.25, 0.3) is 5.56 Å². The van der Waals surface area contributed by atoms with Crippen LogP contribution < -0.4 is 19.6 Å². The van der Waals surface area contributed by atoms with Crippen LogP contribution >= 0.6 is 23.1 Å². The maximum Gasteiger partial charge on any atom is 0.338 e. The molecule has 4 aromatic rings. The summed E-state index contributed by atoms with van der Waals surface area (Å²) in [4.78, 5) is 33.6. The summed E-state index contributed by atoms with van der Waals surface area (Å²) in [7, 11) is 0. The second kappa shape index (κ2) is 12.6. The van der Waals surface area contributed by atoms with E-state index < -0.39 is 12.0 Å². The molecule has 0 spiro atoms. The molecule has 9 heteroatoms. The highest BCUT2D eigenvalue weighted by Crippen LogP contribution is 2.32. The standard InChI is InChI=1S/C33H29N3O4S2/c1-20(2)40-32(38)29-21(3)35-33-36(30(29)24-13-15-26(41-4)16-14-24)31(37)28(42-33)17-25-7-5-6-8-27(25)39-19-23-11-9-22(18-34)10-12-23/h5-17,20,30H,19H2,1-4H3/b28-17-/t30-/m1/s1. The fourth-order valence-electron chi connectivity index (χ4n) is 4.67. The second-order valence-corrected chi connectivity index (χ2v) is 11.8. The van der Waals surface area contributed by atoms with Gasteiger partial charge in [-0.1, -0.05) is 53.8 Å². The Morgan fingerprint density at radius 1 is 1.12 bits per heavy atom. The molecule has 0 saturated heterocycles. The van der Waals surface area contributed by atoms with Crippen molar-refractivity contribution in [1.82, 2.24) is 4.57 Å². The number of aromatic nitrogens is 1. The van der Waals surface area contributed by atoms with Gasteiger partial charge in [-0.2, -0.15) is 5.26 Å². The molecule has 42 heavy (non-hydrogen) atoms. The number of fused-ring (bicyclic) bond motifs is 1. The Morgan fingerprint density at radius 2 is 1.83 bits per heavy atom. The molecule has 212 valence electrons. The number of hydrogen-bond acceptors (Lipinski definition) is 8. The largest absolute Gasteiger partial charge is 0.488 e. The highest BCUT2D eigenvalue weighted by Gasteiger charge is 2.33. The lowest BCUT2D eigenvalue weighted by molar-refractivity contribution is -0.143. The van der Waals surface area contributed by atoms with Crippen LogP contribution in [0.1, 0.15) is 49.1 Å². The second-order valence-electron chi connectivity index (χ2n) is 9.94. The number of nitriles is 1. The molecule has 0 unspecified atom stereocenters. The monoisotopic (exact) mass is 595 g/mol. The van der Waals surface area contributed by atoms with Crippen molar-refractivity contribution in [2.75, 3.05) is 6.26 Å². The van der Waals surface area contributed by atoms with Crippen LogP contribution in [0.15, 0.2) is 98.7 Å². The smallest absolute Gasteiger partial charge is 0.338 e. The number of ether oxygens (including phenoxy) is 2. The third-order valence-electron chi connectivity index (χ3n) is 6.70. The van der Waals surface area contributed by atoms with Crippen molar-refractivity contribution in [2.24, 2.45) is 4.99 Å². The van der Waals surface area contributed by atoms with E-state index >= 15 is 0 Å². The number of carbonyl (C=O) groups excluding carboxylic acids is 1. The fraction of sp³-hybridized carbons (Fsp3) is 0.212. The summed E-state index contributed by atoms with van der Waals surface area (Å²) in [5.74, 6) is 0.135. The molecule has 1 aliphatic heterocycles. The maximum absolute atomic E-state index is 14.0. The Morgan fingerprint density at radius 3 is 2.50 bits per heavy atom. The van der Waals surface area contributed by atoms with Gasteiger partial charge in [0.1, 0.15) is 12.4 Å². The van der Waals surface area contributed by atoms with E-state index in [2.05, 4.69) is 11.1 Å². The van der Waals surface area contributed by atoms with Gasteiger partial charge >= 0.3 is 5.97 Å². The van der Waals surface area contributed by atoms with Crippen LogP contribution in [0.5, 0.6) is 5.75 Å². The molecule has 2 heterocycles. The molecule has 1 aromatic heterocycles. The number of hydrogen-bond donors (Lipinski definition) is 0. The Hall–Kier alpha value is -4.39.